The number of aromatic amines is 1. The number of fused-ring (bicyclic) bond motifs is 1. The van der Waals surface area contributed by atoms with Gasteiger partial charge in [0.1, 0.15) is 0 Å². The molecule has 1 aromatic carbocycles. The van der Waals surface area contributed by atoms with E-state index in [9.17, 15) is 4.79 Å². The molecule has 3 aromatic rings. The molecule has 1 atom stereocenters. The van der Waals surface area contributed by atoms with Crippen LogP contribution in [0.1, 0.15) is 43.2 Å². The summed E-state index contributed by atoms with van der Waals surface area (Å²) in [6, 6.07) is 12.4. The summed E-state index contributed by atoms with van der Waals surface area (Å²) in [5.74, 6) is 0.311. The number of benzene rings is 1. The zero-order valence-electron chi connectivity index (χ0n) is 14.5. The minimum Gasteiger partial charge on any atom is -0.361 e. The second-order valence-electron chi connectivity index (χ2n) is 6.17. The molecule has 2 heterocycles. The van der Waals surface area contributed by atoms with Crippen molar-refractivity contribution < 1.29 is 4.79 Å². The minimum absolute atomic E-state index is 0.0470. The fraction of sp³-hybridized carbons (Fsp3) is 0.350. The Balaban J connectivity index is 2.06. The number of nitrogens with zero attached hydrogens (tertiary/aromatic N) is 1. The van der Waals surface area contributed by atoms with Crippen LogP contribution < -0.4 is 0 Å². The minimum atomic E-state index is -0.0470. The topological polar surface area (TPSA) is 36.1 Å². The highest BCUT2D eigenvalue weighted by Crippen LogP contribution is 2.36. The van der Waals surface area contributed by atoms with Crippen LogP contribution >= 0.6 is 11.3 Å². The summed E-state index contributed by atoms with van der Waals surface area (Å²) in [6.07, 6.45) is 3.81. The SMILES string of the molecule is CCC(CC)C(=O)N(C)C(c1cccs1)c1c[nH]c2ccccc12. The maximum Gasteiger partial charge on any atom is 0.226 e. The predicted molar refractivity (Wildman–Crippen MR) is 101 cm³/mol. The third kappa shape index (κ3) is 2.98. The van der Waals surface area contributed by atoms with Gasteiger partial charge in [-0.2, -0.15) is 0 Å². The van der Waals surface area contributed by atoms with Crippen LogP contribution in [-0.4, -0.2) is 22.8 Å². The average Bonchev–Trinajstić information content (AvgIpc) is 3.27. The number of aromatic nitrogens is 1. The van der Waals surface area contributed by atoms with Crippen molar-refractivity contribution >= 4 is 28.1 Å². The van der Waals surface area contributed by atoms with Crippen molar-refractivity contribution in [1.82, 2.24) is 9.88 Å². The lowest BCUT2D eigenvalue weighted by atomic mass is 9.98. The van der Waals surface area contributed by atoms with Crippen molar-refractivity contribution in [2.75, 3.05) is 7.05 Å². The molecule has 126 valence electrons. The van der Waals surface area contributed by atoms with E-state index in [2.05, 4.69) is 48.5 Å². The molecule has 3 rings (SSSR count). The molecule has 0 aliphatic carbocycles. The van der Waals surface area contributed by atoms with Gasteiger partial charge in [0.2, 0.25) is 5.91 Å². The fourth-order valence-electron chi connectivity index (χ4n) is 3.37. The molecule has 1 unspecified atom stereocenters. The first-order valence-corrected chi connectivity index (χ1v) is 9.41. The van der Waals surface area contributed by atoms with E-state index in [1.807, 2.05) is 30.3 Å². The number of hydrogen-bond donors (Lipinski definition) is 1. The number of rotatable bonds is 6. The number of carbonyl (C=O) groups excluding carboxylic acids is 1. The molecular weight excluding hydrogens is 316 g/mol. The largest absolute Gasteiger partial charge is 0.361 e. The van der Waals surface area contributed by atoms with E-state index in [4.69, 9.17) is 0 Å². The third-order valence-corrected chi connectivity index (χ3v) is 5.72. The first kappa shape index (κ1) is 16.8. The molecular formula is C20H24N2OS. The Kier molecular flexibility index (Phi) is 5.05. The average molecular weight is 340 g/mol. The van der Waals surface area contributed by atoms with Gasteiger partial charge in [-0.3, -0.25) is 4.79 Å². The zero-order valence-corrected chi connectivity index (χ0v) is 15.3. The number of H-pyrrole nitrogens is 1. The van der Waals surface area contributed by atoms with Gasteiger partial charge in [0.15, 0.2) is 0 Å². The van der Waals surface area contributed by atoms with Crippen LogP contribution in [0.25, 0.3) is 10.9 Å². The smallest absolute Gasteiger partial charge is 0.226 e. The maximum absolute atomic E-state index is 13.0. The first-order chi connectivity index (χ1) is 11.7. The molecule has 2 aromatic heterocycles. The fourth-order valence-corrected chi connectivity index (χ4v) is 4.26. The molecule has 0 aliphatic heterocycles. The van der Waals surface area contributed by atoms with Gasteiger partial charge in [-0.15, -0.1) is 11.3 Å². The van der Waals surface area contributed by atoms with Crippen molar-refractivity contribution in [2.24, 2.45) is 5.92 Å². The van der Waals surface area contributed by atoms with E-state index in [1.165, 1.54) is 10.3 Å². The summed E-state index contributed by atoms with van der Waals surface area (Å²) in [6.45, 7) is 4.18. The summed E-state index contributed by atoms with van der Waals surface area (Å²) in [7, 11) is 1.94. The van der Waals surface area contributed by atoms with Crippen molar-refractivity contribution in [1.29, 1.82) is 0 Å². The van der Waals surface area contributed by atoms with Crippen molar-refractivity contribution in [3.63, 3.8) is 0 Å². The molecule has 24 heavy (non-hydrogen) atoms. The highest BCUT2D eigenvalue weighted by Gasteiger charge is 2.29. The van der Waals surface area contributed by atoms with E-state index < -0.39 is 0 Å². The van der Waals surface area contributed by atoms with Crippen LogP contribution in [-0.2, 0) is 4.79 Å². The molecule has 0 saturated heterocycles. The molecule has 3 nitrogen and oxygen atoms in total. The number of hydrogen-bond acceptors (Lipinski definition) is 2. The Hall–Kier alpha value is -2.07. The molecule has 4 heteroatoms. The van der Waals surface area contributed by atoms with Crippen molar-refractivity contribution in [3.8, 4) is 0 Å². The van der Waals surface area contributed by atoms with E-state index in [1.54, 1.807) is 11.3 Å². The molecule has 0 bridgehead atoms. The molecule has 0 spiro atoms. The van der Waals surface area contributed by atoms with E-state index in [-0.39, 0.29) is 17.9 Å². The Morgan fingerprint density at radius 3 is 2.58 bits per heavy atom. The number of para-hydroxylation sites is 1. The van der Waals surface area contributed by atoms with Crippen LogP contribution in [0, 0.1) is 5.92 Å². The van der Waals surface area contributed by atoms with E-state index in [0.29, 0.717) is 0 Å². The number of carbonyl (C=O) groups is 1. The Morgan fingerprint density at radius 1 is 1.17 bits per heavy atom. The van der Waals surface area contributed by atoms with Crippen LogP contribution in [0.3, 0.4) is 0 Å². The molecule has 0 saturated carbocycles. The van der Waals surface area contributed by atoms with Crippen LogP contribution in [0.4, 0.5) is 0 Å². The molecule has 0 fully saturated rings. The van der Waals surface area contributed by atoms with Gasteiger partial charge in [-0.05, 0) is 30.4 Å². The maximum atomic E-state index is 13.0. The number of thiophene rings is 1. The van der Waals surface area contributed by atoms with Crippen molar-refractivity contribution in [2.45, 2.75) is 32.7 Å². The van der Waals surface area contributed by atoms with Crippen LogP contribution in [0.2, 0.25) is 0 Å². The number of nitrogens with one attached hydrogen (secondary N) is 1. The van der Waals surface area contributed by atoms with E-state index >= 15 is 0 Å². The predicted octanol–water partition coefficient (Wildman–Crippen LogP) is 5.21. The second kappa shape index (κ2) is 7.22. The van der Waals surface area contributed by atoms with E-state index in [0.717, 1.165) is 23.9 Å². The molecule has 0 radical (unpaired) electrons. The highest BCUT2D eigenvalue weighted by molar-refractivity contribution is 7.10. The normalized spacial score (nSPS) is 12.7. The Morgan fingerprint density at radius 2 is 1.92 bits per heavy atom. The molecule has 1 amide bonds. The second-order valence-corrected chi connectivity index (χ2v) is 7.15. The third-order valence-electron chi connectivity index (χ3n) is 4.80. The van der Waals surface area contributed by atoms with Gasteiger partial charge < -0.3 is 9.88 Å². The van der Waals surface area contributed by atoms with Crippen LogP contribution in [0.15, 0.2) is 48.0 Å². The standard InChI is InChI=1S/C20H24N2OS/c1-4-14(5-2)20(23)22(3)19(18-11-8-12-24-18)16-13-21-17-10-7-6-9-15(16)17/h6-14,19,21H,4-5H2,1-3H3. The molecule has 1 N–H and O–H groups in total. The lowest BCUT2D eigenvalue weighted by molar-refractivity contribution is -0.135. The summed E-state index contributed by atoms with van der Waals surface area (Å²) in [4.78, 5) is 19.5. The summed E-state index contributed by atoms with van der Waals surface area (Å²) < 4.78 is 0. The van der Waals surface area contributed by atoms with Gasteiger partial charge >= 0.3 is 0 Å². The van der Waals surface area contributed by atoms with Gasteiger partial charge in [0.25, 0.3) is 0 Å². The van der Waals surface area contributed by atoms with Gasteiger partial charge in [0.05, 0.1) is 6.04 Å². The molecule has 0 aliphatic rings. The Bertz CT molecular complexity index is 802. The zero-order chi connectivity index (χ0) is 17.1. The summed E-state index contributed by atoms with van der Waals surface area (Å²) in [5, 5.41) is 3.26. The van der Waals surface area contributed by atoms with Crippen molar-refractivity contribution in [3.05, 3.63) is 58.4 Å². The van der Waals surface area contributed by atoms with Crippen LogP contribution in [0.5, 0.6) is 0 Å². The lowest BCUT2D eigenvalue weighted by Crippen LogP contribution is -2.36. The quantitative estimate of drug-likeness (QED) is 0.656. The van der Waals surface area contributed by atoms with Gasteiger partial charge in [0, 0.05) is 40.5 Å². The first-order valence-electron chi connectivity index (χ1n) is 8.53. The highest BCUT2D eigenvalue weighted by atomic mass is 32.1. The summed E-state index contributed by atoms with van der Waals surface area (Å²) >= 11 is 1.70. The monoisotopic (exact) mass is 340 g/mol. The summed E-state index contributed by atoms with van der Waals surface area (Å²) in [5.41, 5.74) is 2.27. The van der Waals surface area contributed by atoms with Gasteiger partial charge in [-0.1, -0.05) is 38.1 Å². The Labute approximate surface area is 147 Å². The lowest BCUT2D eigenvalue weighted by Gasteiger charge is -2.30. The number of amides is 1. The van der Waals surface area contributed by atoms with Gasteiger partial charge in [-0.25, -0.2) is 0 Å².